The lowest BCUT2D eigenvalue weighted by Crippen LogP contribution is -2.12. The minimum absolute atomic E-state index is 0.633. The van der Waals surface area contributed by atoms with Crippen molar-refractivity contribution in [3.05, 3.63) is 65.9 Å². The van der Waals surface area contributed by atoms with Crippen LogP contribution in [0.5, 0.6) is 5.75 Å². The molecule has 0 spiro atoms. The summed E-state index contributed by atoms with van der Waals surface area (Å²) < 4.78 is 13.0. The lowest BCUT2D eigenvalue weighted by atomic mass is 10.3. The van der Waals surface area contributed by atoms with E-state index in [-0.39, 0.29) is 0 Å². The van der Waals surface area contributed by atoms with Gasteiger partial charge in [0, 0.05) is 18.7 Å². The fraction of sp³-hybridized carbons (Fsp3) is 0.350. The van der Waals surface area contributed by atoms with Gasteiger partial charge in [-0.25, -0.2) is 4.68 Å². The summed E-state index contributed by atoms with van der Waals surface area (Å²) >= 11 is 0. The highest BCUT2D eigenvalue weighted by Crippen LogP contribution is 2.47. The van der Waals surface area contributed by atoms with Gasteiger partial charge in [0.25, 0.3) is 0 Å². The third kappa shape index (κ3) is 3.61. The molecule has 25 heavy (non-hydrogen) atoms. The third-order valence-electron chi connectivity index (χ3n) is 4.74. The van der Waals surface area contributed by atoms with Crippen molar-refractivity contribution >= 4 is 0 Å². The van der Waals surface area contributed by atoms with Gasteiger partial charge < -0.3 is 14.5 Å². The second kappa shape index (κ2) is 6.76. The van der Waals surface area contributed by atoms with Crippen LogP contribution in [0.4, 0.5) is 0 Å². The van der Waals surface area contributed by atoms with E-state index in [0.29, 0.717) is 12.5 Å². The number of rotatable bonds is 7. The Hall–Kier alpha value is -2.53. The average molecular weight is 337 g/mol. The number of furan rings is 1. The van der Waals surface area contributed by atoms with Crippen LogP contribution in [0.25, 0.3) is 5.69 Å². The van der Waals surface area contributed by atoms with Crippen molar-refractivity contribution in [3.8, 4) is 11.4 Å². The molecule has 2 atom stereocenters. The summed E-state index contributed by atoms with van der Waals surface area (Å²) in [6.45, 7) is 3.69. The van der Waals surface area contributed by atoms with E-state index < -0.39 is 0 Å². The van der Waals surface area contributed by atoms with E-state index in [1.165, 1.54) is 6.42 Å². The van der Waals surface area contributed by atoms with Crippen molar-refractivity contribution in [2.45, 2.75) is 32.4 Å². The van der Waals surface area contributed by atoms with Gasteiger partial charge in [0.15, 0.2) is 0 Å². The van der Waals surface area contributed by atoms with Crippen molar-refractivity contribution in [1.29, 1.82) is 0 Å². The highest BCUT2D eigenvalue weighted by atomic mass is 16.5. The smallest absolute Gasteiger partial charge is 0.119 e. The van der Waals surface area contributed by atoms with Gasteiger partial charge >= 0.3 is 0 Å². The van der Waals surface area contributed by atoms with Gasteiger partial charge in [-0.3, -0.25) is 0 Å². The zero-order valence-electron chi connectivity index (χ0n) is 14.6. The molecule has 2 heterocycles. The summed E-state index contributed by atoms with van der Waals surface area (Å²) in [5.41, 5.74) is 2.01. The highest BCUT2D eigenvalue weighted by molar-refractivity contribution is 5.36. The van der Waals surface area contributed by atoms with E-state index in [1.807, 2.05) is 41.2 Å². The molecule has 0 radical (unpaired) electrons. The Bertz CT molecular complexity index is 835. The van der Waals surface area contributed by atoms with E-state index >= 15 is 0 Å². The first-order valence-electron chi connectivity index (χ1n) is 8.71. The summed E-state index contributed by atoms with van der Waals surface area (Å²) in [6.07, 6.45) is 3.22. The summed E-state index contributed by atoms with van der Waals surface area (Å²) in [5.74, 6) is 4.37. The Labute approximate surface area is 147 Å². The maximum atomic E-state index is 5.91. The van der Waals surface area contributed by atoms with Crippen molar-refractivity contribution in [3.63, 3.8) is 0 Å². The molecule has 3 aromatic rings. The van der Waals surface area contributed by atoms with E-state index in [4.69, 9.17) is 9.15 Å². The molecular weight excluding hydrogens is 314 g/mol. The van der Waals surface area contributed by atoms with Crippen molar-refractivity contribution in [2.75, 3.05) is 7.11 Å². The van der Waals surface area contributed by atoms with Crippen LogP contribution in [0.1, 0.15) is 36.5 Å². The number of ether oxygens (including phenoxy) is 1. The molecule has 5 heteroatoms. The molecule has 2 aromatic heterocycles. The average Bonchev–Trinajstić information content (AvgIpc) is 3.05. The predicted molar refractivity (Wildman–Crippen MR) is 95.9 cm³/mol. The van der Waals surface area contributed by atoms with E-state index in [2.05, 4.69) is 29.5 Å². The molecular formula is C20H23N3O2. The molecule has 1 aromatic carbocycles. The number of nitrogens with zero attached hydrogens (tertiary/aromatic N) is 2. The van der Waals surface area contributed by atoms with Crippen LogP contribution in [0, 0.1) is 5.92 Å². The molecule has 4 rings (SSSR count). The predicted octanol–water partition coefficient (Wildman–Crippen LogP) is 3.89. The summed E-state index contributed by atoms with van der Waals surface area (Å²) in [5, 5.41) is 8.00. The second-order valence-electron chi connectivity index (χ2n) is 6.68. The fourth-order valence-corrected chi connectivity index (χ4v) is 3.06. The minimum Gasteiger partial charge on any atom is -0.497 e. The molecule has 1 aliphatic rings. The lowest BCUT2D eigenvalue weighted by Gasteiger charge is -2.03. The molecule has 0 saturated heterocycles. The van der Waals surface area contributed by atoms with Crippen molar-refractivity contribution in [1.82, 2.24) is 15.1 Å². The van der Waals surface area contributed by atoms with E-state index in [9.17, 15) is 0 Å². The Morgan fingerprint density at radius 3 is 2.68 bits per heavy atom. The molecule has 5 nitrogen and oxygen atoms in total. The van der Waals surface area contributed by atoms with Gasteiger partial charge in [0.1, 0.15) is 17.3 Å². The van der Waals surface area contributed by atoms with Crippen LogP contribution < -0.4 is 10.1 Å². The molecule has 1 saturated carbocycles. The summed E-state index contributed by atoms with van der Waals surface area (Å²) in [7, 11) is 1.67. The number of hydrogen-bond donors (Lipinski definition) is 1. The second-order valence-corrected chi connectivity index (χ2v) is 6.68. The van der Waals surface area contributed by atoms with E-state index in [0.717, 1.165) is 41.1 Å². The molecule has 1 fully saturated rings. The molecule has 0 amide bonds. The first kappa shape index (κ1) is 16.0. The van der Waals surface area contributed by atoms with Crippen LogP contribution >= 0.6 is 0 Å². The highest BCUT2D eigenvalue weighted by Gasteiger charge is 2.36. The molecule has 130 valence electrons. The monoisotopic (exact) mass is 337 g/mol. The largest absolute Gasteiger partial charge is 0.497 e. The number of hydrogen-bond acceptors (Lipinski definition) is 4. The minimum atomic E-state index is 0.633. The normalized spacial score (nSPS) is 19.1. The fourth-order valence-electron chi connectivity index (χ4n) is 3.06. The Kier molecular flexibility index (Phi) is 4.32. The molecule has 2 unspecified atom stereocenters. The van der Waals surface area contributed by atoms with Gasteiger partial charge in [-0.2, -0.15) is 5.10 Å². The Balaban J connectivity index is 1.31. The van der Waals surface area contributed by atoms with Crippen LogP contribution in [-0.2, 0) is 13.1 Å². The lowest BCUT2D eigenvalue weighted by molar-refractivity contribution is 0.414. The van der Waals surface area contributed by atoms with Gasteiger partial charge in [0.05, 0.1) is 25.0 Å². The van der Waals surface area contributed by atoms with Gasteiger partial charge in [0.2, 0.25) is 0 Å². The molecule has 0 aliphatic heterocycles. The topological polar surface area (TPSA) is 52.2 Å². The first-order valence-corrected chi connectivity index (χ1v) is 8.71. The Morgan fingerprint density at radius 1 is 1.16 bits per heavy atom. The Morgan fingerprint density at radius 2 is 1.96 bits per heavy atom. The van der Waals surface area contributed by atoms with Crippen molar-refractivity contribution < 1.29 is 9.15 Å². The van der Waals surface area contributed by atoms with Crippen LogP contribution in [0.2, 0.25) is 0 Å². The number of aromatic nitrogens is 2. The number of benzene rings is 1. The van der Waals surface area contributed by atoms with Gasteiger partial charge in [-0.1, -0.05) is 6.92 Å². The standard InChI is InChI=1S/C20H23N3O2/c1-14-11-19(14)20-8-7-18(25-20)13-21-12-15-9-10-23(22-15)16-3-5-17(24-2)6-4-16/h3-10,14,19,21H,11-13H2,1-2H3. The number of methoxy groups -OCH3 is 1. The van der Waals surface area contributed by atoms with Crippen LogP contribution in [-0.4, -0.2) is 16.9 Å². The molecule has 1 N–H and O–H groups in total. The zero-order chi connectivity index (χ0) is 17.2. The van der Waals surface area contributed by atoms with Crippen LogP contribution in [0.3, 0.4) is 0 Å². The van der Waals surface area contributed by atoms with Gasteiger partial charge in [-0.15, -0.1) is 0 Å². The summed E-state index contributed by atoms with van der Waals surface area (Å²) in [6, 6.07) is 14.1. The first-order chi connectivity index (χ1) is 12.2. The van der Waals surface area contributed by atoms with Crippen LogP contribution in [0.15, 0.2) is 53.1 Å². The van der Waals surface area contributed by atoms with Gasteiger partial charge in [-0.05, 0) is 54.8 Å². The number of nitrogens with one attached hydrogen (secondary N) is 1. The maximum Gasteiger partial charge on any atom is 0.119 e. The van der Waals surface area contributed by atoms with Crippen molar-refractivity contribution in [2.24, 2.45) is 5.92 Å². The third-order valence-corrected chi connectivity index (χ3v) is 4.74. The maximum absolute atomic E-state index is 5.91. The van der Waals surface area contributed by atoms with E-state index in [1.54, 1.807) is 7.11 Å². The quantitative estimate of drug-likeness (QED) is 0.711. The molecule has 1 aliphatic carbocycles. The SMILES string of the molecule is COc1ccc(-n2ccc(CNCc3ccc(C4CC4C)o3)n2)cc1. The molecule has 0 bridgehead atoms. The zero-order valence-corrected chi connectivity index (χ0v) is 14.6. The summed E-state index contributed by atoms with van der Waals surface area (Å²) in [4.78, 5) is 0.